The second-order valence-electron chi connectivity index (χ2n) is 4.87. The lowest BCUT2D eigenvalue weighted by molar-refractivity contribution is -0.384. The molecule has 3 rings (SSSR count). The van der Waals surface area contributed by atoms with Crippen molar-refractivity contribution in [3.8, 4) is 5.75 Å². The minimum Gasteiger partial charge on any atom is -0.496 e. The Morgan fingerprint density at radius 1 is 1.09 bits per heavy atom. The molecule has 2 heterocycles. The molecule has 112 valence electrons. The van der Waals surface area contributed by atoms with Crippen LogP contribution in [0.4, 0.5) is 5.69 Å². The van der Waals surface area contributed by atoms with Crippen LogP contribution in [-0.2, 0) is 0 Å². The van der Waals surface area contributed by atoms with Crippen LogP contribution in [0.5, 0.6) is 5.75 Å². The molecule has 1 aromatic carbocycles. The lowest BCUT2D eigenvalue weighted by Crippen LogP contribution is -2.07. The highest BCUT2D eigenvalue weighted by atomic mass is 16.6. The zero-order valence-electron chi connectivity index (χ0n) is 11.9. The minimum atomic E-state index is -0.399. The monoisotopic (exact) mass is 297 g/mol. The van der Waals surface area contributed by atoms with E-state index in [4.69, 9.17) is 4.74 Å². The number of methoxy groups -OCH3 is 1. The van der Waals surface area contributed by atoms with E-state index in [1.54, 1.807) is 19.2 Å². The normalized spacial score (nSPS) is 10.8. The van der Waals surface area contributed by atoms with E-state index in [-0.39, 0.29) is 11.6 Å². The highest BCUT2D eigenvalue weighted by Crippen LogP contribution is 2.37. The van der Waals surface area contributed by atoms with Crippen LogP contribution in [0, 0.1) is 10.1 Å². The van der Waals surface area contributed by atoms with E-state index in [1.165, 1.54) is 6.07 Å². The van der Waals surface area contributed by atoms with Crippen molar-refractivity contribution in [2.24, 2.45) is 0 Å². The average molecular weight is 297 g/mol. The van der Waals surface area contributed by atoms with Crippen LogP contribution in [0.2, 0.25) is 0 Å². The van der Waals surface area contributed by atoms with E-state index < -0.39 is 4.92 Å². The van der Waals surface area contributed by atoms with E-state index in [0.717, 1.165) is 17.0 Å². The molecule has 2 aromatic heterocycles. The Balaban J connectivity index is 2.19. The van der Waals surface area contributed by atoms with Gasteiger partial charge in [-0.25, -0.2) is 0 Å². The molecule has 6 nitrogen and oxygen atoms in total. The maximum absolute atomic E-state index is 11.1. The lowest BCUT2D eigenvalue weighted by Gasteiger charge is -2.18. The number of nitro groups is 1. The number of H-pyrrole nitrogens is 2. The smallest absolute Gasteiger partial charge is 0.270 e. The van der Waals surface area contributed by atoms with Crippen LogP contribution in [0.25, 0.3) is 0 Å². The van der Waals surface area contributed by atoms with Crippen molar-refractivity contribution >= 4 is 5.69 Å². The second-order valence-corrected chi connectivity index (χ2v) is 4.87. The number of hydrogen-bond donors (Lipinski definition) is 2. The molecule has 0 saturated carbocycles. The Kier molecular flexibility index (Phi) is 3.65. The Morgan fingerprint density at radius 2 is 1.73 bits per heavy atom. The standard InChI is InChI=1S/C16H15N3O3/c1-22-15-7-6-11(19(20)21)10-12(15)16(13-4-2-8-17-13)14-5-3-9-18-14/h2-10,16-18H,1H3. The highest BCUT2D eigenvalue weighted by molar-refractivity contribution is 5.51. The lowest BCUT2D eigenvalue weighted by atomic mass is 9.91. The summed E-state index contributed by atoms with van der Waals surface area (Å²) in [6, 6.07) is 12.3. The van der Waals surface area contributed by atoms with Gasteiger partial charge in [0.05, 0.1) is 18.0 Å². The maximum atomic E-state index is 11.1. The van der Waals surface area contributed by atoms with Gasteiger partial charge in [-0.15, -0.1) is 0 Å². The molecule has 0 aliphatic rings. The number of non-ortho nitro benzene ring substituents is 1. The van der Waals surface area contributed by atoms with Crippen LogP contribution < -0.4 is 4.74 Å². The number of hydrogen-bond acceptors (Lipinski definition) is 3. The third-order valence-corrected chi connectivity index (χ3v) is 3.60. The van der Waals surface area contributed by atoms with E-state index >= 15 is 0 Å². The molecule has 0 unspecified atom stereocenters. The molecule has 0 radical (unpaired) electrons. The summed E-state index contributed by atoms with van der Waals surface area (Å²) in [5, 5.41) is 11.1. The third-order valence-electron chi connectivity index (χ3n) is 3.60. The molecule has 0 aliphatic heterocycles. The zero-order chi connectivity index (χ0) is 15.5. The van der Waals surface area contributed by atoms with Gasteiger partial charge in [-0.1, -0.05) is 0 Å². The van der Waals surface area contributed by atoms with Gasteiger partial charge in [0.1, 0.15) is 5.75 Å². The van der Waals surface area contributed by atoms with Crippen molar-refractivity contribution in [2.75, 3.05) is 7.11 Å². The SMILES string of the molecule is COc1ccc([N+](=O)[O-])cc1C(c1ccc[nH]1)c1ccc[nH]1. The van der Waals surface area contributed by atoms with E-state index in [9.17, 15) is 10.1 Å². The molecule has 0 fully saturated rings. The van der Waals surface area contributed by atoms with E-state index in [0.29, 0.717) is 5.75 Å². The predicted molar refractivity (Wildman–Crippen MR) is 82.2 cm³/mol. The fraction of sp³-hybridized carbons (Fsp3) is 0.125. The number of nitrogens with one attached hydrogen (secondary N) is 2. The topological polar surface area (TPSA) is 83.9 Å². The number of nitro benzene ring substituents is 1. The van der Waals surface area contributed by atoms with Gasteiger partial charge in [0.2, 0.25) is 0 Å². The van der Waals surface area contributed by atoms with Crippen LogP contribution in [0.3, 0.4) is 0 Å². The Bertz CT molecular complexity index is 730. The quantitative estimate of drug-likeness (QED) is 0.559. The third kappa shape index (κ3) is 2.46. The van der Waals surface area contributed by atoms with E-state index in [2.05, 4.69) is 9.97 Å². The molecule has 0 aliphatic carbocycles. The molecule has 0 bridgehead atoms. The molecule has 0 atom stereocenters. The second kappa shape index (κ2) is 5.77. The minimum absolute atomic E-state index is 0.0407. The average Bonchev–Trinajstić information content (AvgIpc) is 3.21. The maximum Gasteiger partial charge on any atom is 0.270 e. The number of aromatic nitrogens is 2. The first-order chi connectivity index (χ1) is 10.7. The summed E-state index contributed by atoms with van der Waals surface area (Å²) in [6.07, 6.45) is 3.66. The first kappa shape index (κ1) is 13.9. The fourth-order valence-corrected chi connectivity index (χ4v) is 2.61. The predicted octanol–water partition coefficient (Wildman–Crippen LogP) is 3.44. The summed E-state index contributed by atoms with van der Waals surface area (Å²) in [6.45, 7) is 0. The number of ether oxygens (including phenoxy) is 1. The van der Waals surface area contributed by atoms with Crippen molar-refractivity contribution in [1.29, 1.82) is 0 Å². The summed E-state index contributed by atoms with van der Waals surface area (Å²) in [5.74, 6) is 0.416. The largest absolute Gasteiger partial charge is 0.496 e. The number of benzene rings is 1. The summed E-state index contributed by atoms with van der Waals surface area (Å²) in [5.41, 5.74) is 2.64. The molecule has 0 saturated heterocycles. The number of aromatic amines is 2. The van der Waals surface area contributed by atoms with Gasteiger partial charge < -0.3 is 14.7 Å². The van der Waals surface area contributed by atoms with Crippen molar-refractivity contribution in [1.82, 2.24) is 9.97 Å². The van der Waals surface area contributed by atoms with Gasteiger partial charge >= 0.3 is 0 Å². The molecule has 3 aromatic rings. The summed E-state index contributed by atoms with van der Waals surface area (Å²) < 4.78 is 5.41. The van der Waals surface area contributed by atoms with Crippen molar-refractivity contribution in [3.63, 3.8) is 0 Å². The van der Waals surface area contributed by atoms with Gasteiger partial charge in [0, 0.05) is 41.5 Å². The Hall–Kier alpha value is -3.02. The van der Waals surface area contributed by atoms with Crippen LogP contribution in [0.15, 0.2) is 54.9 Å². The first-order valence-electron chi connectivity index (χ1n) is 6.79. The molecule has 6 heteroatoms. The summed E-state index contributed by atoms with van der Waals surface area (Å²) in [7, 11) is 1.56. The first-order valence-corrected chi connectivity index (χ1v) is 6.79. The van der Waals surface area contributed by atoms with Gasteiger partial charge in [0.15, 0.2) is 0 Å². The molecular formula is C16H15N3O3. The molecule has 0 spiro atoms. The van der Waals surface area contributed by atoms with Crippen molar-refractivity contribution < 1.29 is 9.66 Å². The van der Waals surface area contributed by atoms with Gasteiger partial charge in [-0.2, -0.15) is 0 Å². The van der Waals surface area contributed by atoms with Crippen LogP contribution in [-0.4, -0.2) is 22.0 Å². The van der Waals surface area contributed by atoms with Crippen LogP contribution in [0.1, 0.15) is 22.9 Å². The molecule has 0 amide bonds. The fourth-order valence-electron chi connectivity index (χ4n) is 2.61. The number of nitrogens with zero attached hydrogens (tertiary/aromatic N) is 1. The van der Waals surface area contributed by atoms with Crippen molar-refractivity contribution in [3.05, 3.63) is 81.9 Å². The van der Waals surface area contributed by atoms with Crippen LogP contribution >= 0.6 is 0 Å². The van der Waals surface area contributed by atoms with E-state index in [1.807, 2.05) is 36.7 Å². The van der Waals surface area contributed by atoms with Gasteiger partial charge in [-0.05, 0) is 30.3 Å². The molecule has 22 heavy (non-hydrogen) atoms. The summed E-state index contributed by atoms with van der Waals surface area (Å²) >= 11 is 0. The van der Waals surface area contributed by atoms with Crippen molar-refractivity contribution in [2.45, 2.75) is 5.92 Å². The number of rotatable bonds is 5. The zero-order valence-corrected chi connectivity index (χ0v) is 11.9. The Labute approximate surface area is 126 Å². The van der Waals surface area contributed by atoms with Gasteiger partial charge in [0.25, 0.3) is 5.69 Å². The Morgan fingerprint density at radius 3 is 2.18 bits per heavy atom. The highest BCUT2D eigenvalue weighted by Gasteiger charge is 2.24. The van der Waals surface area contributed by atoms with Gasteiger partial charge in [-0.3, -0.25) is 10.1 Å². The molecule has 2 N–H and O–H groups in total. The summed E-state index contributed by atoms with van der Waals surface area (Å²) in [4.78, 5) is 17.1. The molecular weight excluding hydrogens is 282 g/mol.